The molecular weight excluding hydrogens is 365 g/mol. The maximum Gasteiger partial charge on any atom is 0.573 e. The fraction of sp³-hybridized carbons (Fsp3) is 0.500. The summed E-state index contributed by atoms with van der Waals surface area (Å²) >= 11 is 5.30. The van der Waals surface area contributed by atoms with Crippen LogP contribution >= 0.6 is 12.2 Å². The van der Waals surface area contributed by atoms with Crippen molar-refractivity contribution in [2.75, 3.05) is 23.4 Å². The highest BCUT2D eigenvalue weighted by Crippen LogP contribution is 2.24. The minimum absolute atomic E-state index is 0.0566. The molecule has 10 heteroatoms. The summed E-state index contributed by atoms with van der Waals surface area (Å²) in [5.74, 6) is -0.130. The standard InChI is InChI=1S/C14H17F3N2O3S2/c1-2-19(11-7-8-24(20,21)9-11)13(23)18-10-3-5-12(6-4-10)22-14(15,16)17/h3-6,11H,2,7-9H2,1H3,(H,18,23)/t11-/m0/s1. The molecule has 5 nitrogen and oxygen atoms in total. The van der Waals surface area contributed by atoms with Gasteiger partial charge in [0.25, 0.3) is 0 Å². The summed E-state index contributed by atoms with van der Waals surface area (Å²) in [6.07, 6.45) is -4.23. The lowest BCUT2D eigenvalue weighted by molar-refractivity contribution is -0.274. The van der Waals surface area contributed by atoms with Crippen molar-refractivity contribution >= 4 is 32.9 Å². The number of halogens is 3. The van der Waals surface area contributed by atoms with Gasteiger partial charge in [-0.2, -0.15) is 0 Å². The van der Waals surface area contributed by atoms with Crippen LogP contribution in [0.4, 0.5) is 18.9 Å². The first-order chi connectivity index (χ1) is 11.1. The number of ether oxygens (including phenoxy) is 1. The maximum atomic E-state index is 12.1. The molecule has 0 aliphatic carbocycles. The largest absolute Gasteiger partial charge is 0.573 e. The van der Waals surface area contributed by atoms with Crippen molar-refractivity contribution in [2.45, 2.75) is 25.7 Å². The minimum atomic E-state index is -4.74. The molecule has 1 aliphatic heterocycles. The van der Waals surface area contributed by atoms with Crippen LogP contribution in [-0.4, -0.2) is 48.9 Å². The Morgan fingerprint density at radius 2 is 2.00 bits per heavy atom. The number of hydrogen-bond acceptors (Lipinski definition) is 4. The van der Waals surface area contributed by atoms with Gasteiger partial charge in [0, 0.05) is 18.3 Å². The average molecular weight is 382 g/mol. The first-order valence-corrected chi connectivity index (χ1v) is 9.46. The average Bonchev–Trinajstić information content (AvgIpc) is 2.80. The molecule has 1 aliphatic rings. The molecule has 1 atom stereocenters. The zero-order chi connectivity index (χ0) is 18.0. The minimum Gasteiger partial charge on any atom is -0.406 e. The molecule has 0 amide bonds. The van der Waals surface area contributed by atoms with Crippen molar-refractivity contribution in [2.24, 2.45) is 0 Å². The Bertz CT molecular complexity index is 690. The van der Waals surface area contributed by atoms with Gasteiger partial charge in [-0.1, -0.05) is 0 Å². The smallest absolute Gasteiger partial charge is 0.406 e. The summed E-state index contributed by atoms with van der Waals surface area (Å²) < 4.78 is 63.4. The Morgan fingerprint density at radius 3 is 2.46 bits per heavy atom. The number of anilines is 1. The van der Waals surface area contributed by atoms with Gasteiger partial charge in [-0.05, 0) is 49.8 Å². The SMILES string of the molecule is CCN(C(=S)Nc1ccc(OC(F)(F)F)cc1)[C@H]1CCS(=O)(=O)C1. The summed E-state index contributed by atoms with van der Waals surface area (Å²) in [7, 11) is -3.03. The zero-order valence-corrected chi connectivity index (χ0v) is 14.5. The van der Waals surface area contributed by atoms with Crippen LogP contribution in [0.3, 0.4) is 0 Å². The quantitative estimate of drug-likeness (QED) is 0.809. The van der Waals surface area contributed by atoms with E-state index in [-0.39, 0.29) is 23.3 Å². The number of thiocarbonyl (C=S) groups is 1. The van der Waals surface area contributed by atoms with Gasteiger partial charge >= 0.3 is 6.36 Å². The Labute approximate surface area is 143 Å². The molecule has 2 rings (SSSR count). The van der Waals surface area contributed by atoms with Gasteiger partial charge in [0.05, 0.1) is 11.5 Å². The lowest BCUT2D eigenvalue weighted by Crippen LogP contribution is -2.43. The fourth-order valence-corrected chi connectivity index (χ4v) is 4.65. The number of nitrogens with zero attached hydrogens (tertiary/aromatic N) is 1. The van der Waals surface area contributed by atoms with E-state index in [4.69, 9.17) is 12.2 Å². The lowest BCUT2D eigenvalue weighted by atomic mass is 10.2. The second-order valence-corrected chi connectivity index (χ2v) is 7.96. The molecule has 1 heterocycles. The van der Waals surface area contributed by atoms with E-state index < -0.39 is 16.2 Å². The van der Waals surface area contributed by atoms with Gasteiger partial charge in [-0.25, -0.2) is 8.42 Å². The molecule has 0 aromatic heterocycles. The Balaban J connectivity index is 2.00. The fourth-order valence-electron chi connectivity index (χ4n) is 2.52. The van der Waals surface area contributed by atoms with Crippen LogP contribution in [0.25, 0.3) is 0 Å². The van der Waals surface area contributed by atoms with Crippen molar-refractivity contribution in [3.8, 4) is 5.75 Å². The number of hydrogen-bond donors (Lipinski definition) is 1. The first kappa shape index (κ1) is 18.8. The number of sulfone groups is 1. The van der Waals surface area contributed by atoms with Crippen molar-refractivity contribution in [1.29, 1.82) is 0 Å². The molecule has 24 heavy (non-hydrogen) atoms. The van der Waals surface area contributed by atoms with Gasteiger partial charge in [0.15, 0.2) is 14.9 Å². The highest BCUT2D eigenvalue weighted by Gasteiger charge is 2.33. The lowest BCUT2D eigenvalue weighted by Gasteiger charge is -2.29. The van der Waals surface area contributed by atoms with Crippen molar-refractivity contribution < 1.29 is 26.3 Å². The maximum absolute atomic E-state index is 12.1. The molecule has 1 N–H and O–H groups in total. The highest BCUT2D eigenvalue weighted by molar-refractivity contribution is 7.91. The molecular formula is C14H17F3N2O3S2. The van der Waals surface area contributed by atoms with Gasteiger partial charge < -0.3 is 15.0 Å². The van der Waals surface area contributed by atoms with Gasteiger partial charge in [0.1, 0.15) is 5.75 Å². The van der Waals surface area contributed by atoms with Crippen LogP contribution in [0.2, 0.25) is 0 Å². The summed E-state index contributed by atoms with van der Waals surface area (Å²) in [4.78, 5) is 1.78. The molecule has 0 bridgehead atoms. The van der Waals surface area contributed by atoms with Crippen LogP contribution < -0.4 is 10.1 Å². The first-order valence-electron chi connectivity index (χ1n) is 7.23. The third-order valence-electron chi connectivity index (χ3n) is 3.59. The van der Waals surface area contributed by atoms with Crippen molar-refractivity contribution in [1.82, 2.24) is 4.90 Å². The molecule has 1 aromatic carbocycles. The molecule has 0 saturated carbocycles. The normalized spacial score (nSPS) is 19.8. The van der Waals surface area contributed by atoms with E-state index >= 15 is 0 Å². The molecule has 0 spiro atoms. The molecule has 1 aromatic rings. The van der Waals surface area contributed by atoms with E-state index in [2.05, 4.69) is 10.1 Å². The summed E-state index contributed by atoms with van der Waals surface area (Å²) in [6.45, 7) is 2.39. The third-order valence-corrected chi connectivity index (χ3v) is 5.68. The number of benzene rings is 1. The Morgan fingerprint density at radius 1 is 1.38 bits per heavy atom. The summed E-state index contributed by atoms with van der Waals surface area (Å²) in [5.41, 5.74) is 0.494. The van der Waals surface area contributed by atoms with Crippen LogP contribution in [-0.2, 0) is 9.84 Å². The van der Waals surface area contributed by atoms with E-state index in [0.29, 0.717) is 23.8 Å². The van der Waals surface area contributed by atoms with Crippen molar-refractivity contribution in [3.63, 3.8) is 0 Å². The Kier molecular flexibility index (Phi) is 5.59. The number of rotatable bonds is 4. The second kappa shape index (κ2) is 7.14. The molecule has 1 fully saturated rings. The molecule has 134 valence electrons. The number of nitrogens with one attached hydrogen (secondary N) is 1. The highest BCUT2D eigenvalue weighted by atomic mass is 32.2. The topological polar surface area (TPSA) is 58.6 Å². The number of alkyl halides is 3. The van der Waals surface area contributed by atoms with Gasteiger partial charge in [-0.3, -0.25) is 0 Å². The summed E-state index contributed by atoms with van der Waals surface area (Å²) in [5, 5.41) is 3.25. The van der Waals surface area contributed by atoms with Gasteiger partial charge in [-0.15, -0.1) is 13.2 Å². The van der Waals surface area contributed by atoms with Crippen LogP contribution in [0.1, 0.15) is 13.3 Å². The summed E-state index contributed by atoms with van der Waals surface area (Å²) in [6, 6.07) is 4.98. The second-order valence-electron chi connectivity index (χ2n) is 5.35. The third kappa shape index (κ3) is 5.23. The van der Waals surface area contributed by atoms with E-state index in [1.807, 2.05) is 6.92 Å². The molecule has 0 radical (unpaired) electrons. The van der Waals surface area contributed by atoms with Crippen LogP contribution in [0, 0.1) is 0 Å². The Hall–Kier alpha value is -1.55. The zero-order valence-electron chi connectivity index (χ0n) is 12.8. The van der Waals surface area contributed by atoms with E-state index in [9.17, 15) is 21.6 Å². The van der Waals surface area contributed by atoms with E-state index in [0.717, 1.165) is 0 Å². The van der Waals surface area contributed by atoms with Crippen LogP contribution in [0.15, 0.2) is 24.3 Å². The van der Waals surface area contributed by atoms with Gasteiger partial charge in [0.2, 0.25) is 0 Å². The van der Waals surface area contributed by atoms with Crippen molar-refractivity contribution in [3.05, 3.63) is 24.3 Å². The monoisotopic (exact) mass is 382 g/mol. The molecule has 0 unspecified atom stereocenters. The predicted octanol–water partition coefficient (Wildman–Crippen LogP) is 2.79. The van der Waals surface area contributed by atoms with Crippen LogP contribution in [0.5, 0.6) is 5.75 Å². The predicted molar refractivity (Wildman–Crippen MR) is 88.8 cm³/mol. The molecule has 1 saturated heterocycles. The van der Waals surface area contributed by atoms with E-state index in [1.54, 1.807) is 4.90 Å². The van der Waals surface area contributed by atoms with E-state index in [1.165, 1.54) is 24.3 Å².